The molecule has 0 bridgehead atoms. The molecule has 2 aromatic rings. The first-order chi connectivity index (χ1) is 9.76. The van der Waals surface area contributed by atoms with E-state index >= 15 is 0 Å². The number of hydrogen-bond donors (Lipinski definition) is 1. The molecule has 0 amide bonds. The van der Waals surface area contributed by atoms with Crippen LogP contribution in [0.15, 0.2) is 23.1 Å². The highest BCUT2D eigenvalue weighted by molar-refractivity contribution is 9.10. The van der Waals surface area contributed by atoms with E-state index in [0.29, 0.717) is 18.1 Å². The quantitative estimate of drug-likeness (QED) is 0.873. The Labute approximate surface area is 126 Å². The standard InChI is InChI=1S/C13H16BrN5O/c1-3-4-17-13-11(14)10(8-20-2)18-12(19-13)9-7-15-5-6-16-9/h5-7H,3-4,8H2,1-2H3,(H,17,18,19). The molecule has 2 rings (SSSR count). The van der Waals surface area contributed by atoms with Crippen molar-refractivity contribution in [2.24, 2.45) is 0 Å². The number of rotatable bonds is 6. The van der Waals surface area contributed by atoms with Crippen molar-refractivity contribution in [2.45, 2.75) is 20.0 Å². The molecule has 0 aliphatic heterocycles. The van der Waals surface area contributed by atoms with Crippen molar-refractivity contribution in [1.82, 2.24) is 19.9 Å². The Morgan fingerprint density at radius 2 is 2.15 bits per heavy atom. The number of nitrogens with one attached hydrogen (secondary N) is 1. The molecule has 0 fully saturated rings. The molecule has 0 aliphatic carbocycles. The number of aromatic nitrogens is 4. The molecule has 1 N–H and O–H groups in total. The van der Waals surface area contributed by atoms with Gasteiger partial charge in [0.05, 0.1) is 23.0 Å². The molecule has 0 spiro atoms. The summed E-state index contributed by atoms with van der Waals surface area (Å²) in [5, 5.41) is 3.27. The summed E-state index contributed by atoms with van der Waals surface area (Å²) in [4.78, 5) is 17.2. The highest BCUT2D eigenvalue weighted by atomic mass is 79.9. The fourth-order valence-electron chi connectivity index (χ4n) is 1.62. The fourth-order valence-corrected chi connectivity index (χ4v) is 2.05. The Kier molecular flexibility index (Phi) is 5.37. The first-order valence-electron chi connectivity index (χ1n) is 6.31. The van der Waals surface area contributed by atoms with E-state index in [1.165, 1.54) is 0 Å². The zero-order valence-corrected chi connectivity index (χ0v) is 13.0. The first kappa shape index (κ1) is 14.8. The van der Waals surface area contributed by atoms with Crippen molar-refractivity contribution >= 4 is 21.7 Å². The molecule has 20 heavy (non-hydrogen) atoms. The highest BCUT2D eigenvalue weighted by Gasteiger charge is 2.14. The number of ether oxygens (including phenoxy) is 1. The minimum Gasteiger partial charge on any atom is -0.378 e. The van der Waals surface area contributed by atoms with Gasteiger partial charge in [-0.25, -0.2) is 15.0 Å². The van der Waals surface area contributed by atoms with Crippen LogP contribution in [-0.4, -0.2) is 33.6 Å². The van der Waals surface area contributed by atoms with Crippen LogP contribution in [-0.2, 0) is 11.3 Å². The minimum atomic E-state index is 0.400. The van der Waals surface area contributed by atoms with Gasteiger partial charge in [0.1, 0.15) is 11.5 Å². The third-order valence-electron chi connectivity index (χ3n) is 2.54. The van der Waals surface area contributed by atoms with Crippen LogP contribution in [0.3, 0.4) is 0 Å². The van der Waals surface area contributed by atoms with Gasteiger partial charge in [-0.3, -0.25) is 4.98 Å². The minimum absolute atomic E-state index is 0.400. The lowest BCUT2D eigenvalue weighted by atomic mass is 10.3. The second kappa shape index (κ2) is 7.25. The lowest BCUT2D eigenvalue weighted by Gasteiger charge is -2.12. The van der Waals surface area contributed by atoms with Crippen LogP contribution >= 0.6 is 15.9 Å². The van der Waals surface area contributed by atoms with Gasteiger partial charge >= 0.3 is 0 Å². The number of nitrogens with zero attached hydrogens (tertiary/aromatic N) is 4. The average molecular weight is 338 g/mol. The molecular weight excluding hydrogens is 322 g/mol. The molecular formula is C13H16BrN5O. The van der Waals surface area contributed by atoms with Gasteiger partial charge in [0.2, 0.25) is 0 Å². The summed E-state index contributed by atoms with van der Waals surface area (Å²) in [6.45, 7) is 3.33. The van der Waals surface area contributed by atoms with Crippen LogP contribution in [0, 0.1) is 0 Å². The summed E-state index contributed by atoms with van der Waals surface area (Å²) >= 11 is 3.52. The number of halogens is 1. The van der Waals surface area contributed by atoms with Crippen molar-refractivity contribution in [1.29, 1.82) is 0 Å². The highest BCUT2D eigenvalue weighted by Crippen LogP contribution is 2.26. The number of methoxy groups -OCH3 is 1. The van der Waals surface area contributed by atoms with E-state index in [1.54, 1.807) is 25.7 Å². The van der Waals surface area contributed by atoms with Gasteiger partial charge in [-0.2, -0.15) is 0 Å². The van der Waals surface area contributed by atoms with Crippen LogP contribution in [0.25, 0.3) is 11.5 Å². The molecule has 0 aliphatic rings. The van der Waals surface area contributed by atoms with Gasteiger partial charge in [0.25, 0.3) is 0 Å². The van der Waals surface area contributed by atoms with Gasteiger partial charge in [-0.1, -0.05) is 6.92 Å². The summed E-state index contributed by atoms with van der Waals surface area (Å²) < 4.78 is 5.99. The molecule has 0 aromatic carbocycles. The molecule has 0 saturated carbocycles. The maximum atomic E-state index is 5.17. The van der Waals surface area contributed by atoms with Gasteiger partial charge < -0.3 is 10.1 Å². The lowest BCUT2D eigenvalue weighted by molar-refractivity contribution is 0.181. The Balaban J connectivity index is 2.44. The second-order valence-corrected chi connectivity index (χ2v) is 4.90. The molecule has 0 saturated heterocycles. The summed E-state index contributed by atoms with van der Waals surface area (Å²) in [7, 11) is 1.63. The summed E-state index contributed by atoms with van der Waals surface area (Å²) in [6, 6.07) is 0. The summed E-state index contributed by atoms with van der Waals surface area (Å²) in [5.74, 6) is 1.28. The van der Waals surface area contributed by atoms with E-state index in [-0.39, 0.29) is 0 Å². The van der Waals surface area contributed by atoms with Crippen molar-refractivity contribution in [2.75, 3.05) is 19.0 Å². The molecule has 106 valence electrons. The third kappa shape index (κ3) is 3.49. The van der Waals surface area contributed by atoms with Gasteiger partial charge in [-0.15, -0.1) is 0 Å². The monoisotopic (exact) mass is 337 g/mol. The summed E-state index contributed by atoms with van der Waals surface area (Å²) in [6.07, 6.45) is 5.89. The molecule has 2 heterocycles. The largest absolute Gasteiger partial charge is 0.378 e. The molecule has 0 unspecified atom stereocenters. The topological polar surface area (TPSA) is 72.8 Å². The zero-order chi connectivity index (χ0) is 14.4. The molecule has 6 nitrogen and oxygen atoms in total. The Bertz CT molecular complexity index is 564. The van der Waals surface area contributed by atoms with E-state index in [1.807, 2.05) is 0 Å². The van der Waals surface area contributed by atoms with E-state index in [9.17, 15) is 0 Å². The fraction of sp³-hybridized carbons (Fsp3) is 0.385. The van der Waals surface area contributed by atoms with Gasteiger partial charge in [0.15, 0.2) is 5.82 Å². The predicted octanol–water partition coefficient (Wildman–Crippen LogP) is 2.66. The summed E-state index contributed by atoms with van der Waals surface area (Å²) in [5.41, 5.74) is 1.42. The van der Waals surface area contributed by atoms with E-state index in [0.717, 1.165) is 29.0 Å². The lowest BCUT2D eigenvalue weighted by Crippen LogP contribution is -2.08. The first-order valence-corrected chi connectivity index (χ1v) is 7.11. The number of hydrogen-bond acceptors (Lipinski definition) is 6. The molecule has 7 heteroatoms. The van der Waals surface area contributed by atoms with Crippen molar-refractivity contribution in [3.63, 3.8) is 0 Å². The third-order valence-corrected chi connectivity index (χ3v) is 3.37. The van der Waals surface area contributed by atoms with E-state index in [2.05, 4.69) is 48.1 Å². The Morgan fingerprint density at radius 3 is 2.80 bits per heavy atom. The van der Waals surface area contributed by atoms with Gasteiger partial charge in [0, 0.05) is 26.0 Å². The molecule has 0 atom stereocenters. The maximum Gasteiger partial charge on any atom is 0.182 e. The van der Waals surface area contributed by atoms with E-state index in [4.69, 9.17) is 4.74 Å². The molecule has 0 radical (unpaired) electrons. The Morgan fingerprint density at radius 1 is 1.30 bits per heavy atom. The van der Waals surface area contributed by atoms with Gasteiger partial charge in [-0.05, 0) is 22.4 Å². The maximum absolute atomic E-state index is 5.17. The van der Waals surface area contributed by atoms with Crippen molar-refractivity contribution in [3.8, 4) is 11.5 Å². The van der Waals surface area contributed by atoms with Crippen LogP contribution in [0.4, 0.5) is 5.82 Å². The van der Waals surface area contributed by atoms with Crippen LogP contribution < -0.4 is 5.32 Å². The Hall–Kier alpha value is -1.60. The normalized spacial score (nSPS) is 10.6. The SMILES string of the molecule is CCCNc1nc(-c2cnccn2)nc(COC)c1Br. The van der Waals surface area contributed by atoms with Crippen LogP contribution in [0.1, 0.15) is 19.0 Å². The van der Waals surface area contributed by atoms with Crippen molar-refractivity contribution in [3.05, 3.63) is 28.8 Å². The average Bonchev–Trinajstić information content (AvgIpc) is 2.49. The smallest absolute Gasteiger partial charge is 0.182 e. The molecule has 2 aromatic heterocycles. The van der Waals surface area contributed by atoms with Crippen LogP contribution in [0.5, 0.6) is 0 Å². The van der Waals surface area contributed by atoms with E-state index < -0.39 is 0 Å². The van der Waals surface area contributed by atoms with Crippen molar-refractivity contribution < 1.29 is 4.74 Å². The zero-order valence-electron chi connectivity index (χ0n) is 11.4. The van der Waals surface area contributed by atoms with Crippen LogP contribution in [0.2, 0.25) is 0 Å². The predicted molar refractivity (Wildman–Crippen MR) is 80.3 cm³/mol. The number of anilines is 1. The second-order valence-electron chi connectivity index (χ2n) is 4.11.